The van der Waals surface area contributed by atoms with Crippen molar-refractivity contribution < 1.29 is 23.1 Å². The van der Waals surface area contributed by atoms with Gasteiger partial charge in [0.1, 0.15) is 10.6 Å². The van der Waals surface area contributed by atoms with Crippen molar-refractivity contribution in [2.75, 3.05) is 0 Å². The molecule has 0 saturated carbocycles. The van der Waals surface area contributed by atoms with Crippen LogP contribution in [-0.4, -0.2) is 37.5 Å². The van der Waals surface area contributed by atoms with E-state index in [4.69, 9.17) is 0 Å². The zero-order valence-electron chi connectivity index (χ0n) is 14.4. The van der Waals surface area contributed by atoms with Crippen molar-refractivity contribution in [2.24, 2.45) is 5.10 Å². The maximum atomic E-state index is 13.4. The first-order valence-corrected chi connectivity index (χ1v) is 8.98. The van der Waals surface area contributed by atoms with Gasteiger partial charge in [-0.25, -0.2) is 0 Å². The maximum Gasteiger partial charge on any atom is 0.431 e. The summed E-state index contributed by atoms with van der Waals surface area (Å²) in [6.45, 7) is 1.51. The Hall–Kier alpha value is -2.85. The number of halogens is 3. The number of hydrogen-bond acceptors (Lipinski definition) is 6. The fraction of sp³-hybridized carbons (Fsp3) is 0.222. The van der Waals surface area contributed by atoms with Crippen molar-refractivity contribution in [3.63, 3.8) is 0 Å². The van der Waals surface area contributed by atoms with Gasteiger partial charge in [-0.15, -0.1) is 5.10 Å². The van der Waals surface area contributed by atoms with E-state index in [1.165, 1.54) is 13.0 Å². The summed E-state index contributed by atoms with van der Waals surface area (Å²) in [7, 11) is 0. The molecule has 1 aliphatic heterocycles. The molecule has 1 aromatic heterocycles. The molecule has 3 aromatic rings. The van der Waals surface area contributed by atoms with E-state index in [-0.39, 0.29) is 16.1 Å². The maximum absolute atomic E-state index is 13.4. The molecule has 2 heterocycles. The van der Waals surface area contributed by atoms with Crippen LogP contribution in [0.5, 0.6) is 0 Å². The number of aliphatic hydroxyl groups is 1. The van der Waals surface area contributed by atoms with Crippen LogP contribution in [0.3, 0.4) is 0 Å². The lowest BCUT2D eigenvalue weighted by atomic mass is 9.92. The second kappa shape index (κ2) is 6.35. The van der Waals surface area contributed by atoms with E-state index in [0.29, 0.717) is 10.4 Å². The molecular weight excluding hydrogens is 393 g/mol. The number of alkyl halides is 3. The van der Waals surface area contributed by atoms with E-state index in [1.807, 2.05) is 0 Å². The molecule has 0 aliphatic carbocycles. The third kappa shape index (κ3) is 2.85. The molecule has 0 unspecified atom stereocenters. The topological polar surface area (TPSA) is 78.7 Å². The van der Waals surface area contributed by atoms with Crippen LogP contribution in [-0.2, 0) is 5.72 Å². The minimum absolute atomic E-state index is 0.0193. The number of aryl methyl sites for hydroxylation is 1. The number of fused-ring (bicyclic) bond motifs is 1. The van der Waals surface area contributed by atoms with Crippen molar-refractivity contribution in [2.45, 2.75) is 25.2 Å². The Morgan fingerprint density at radius 2 is 1.93 bits per heavy atom. The highest BCUT2D eigenvalue weighted by Gasteiger charge is 2.54. The summed E-state index contributed by atoms with van der Waals surface area (Å²) in [4.78, 5) is 13.0. The van der Waals surface area contributed by atoms with Gasteiger partial charge < -0.3 is 5.11 Å². The molecule has 0 spiro atoms. The summed E-state index contributed by atoms with van der Waals surface area (Å²) in [5.74, 6) is -0.887. The number of benzene rings is 2. The van der Waals surface area contributed by atoms with Crippen LogP contribution < -0.4 is 0 Å². The second-order valence-electron chi connectivity index (χ2n) is 6.37. The quantitative estimate of drug-likeness (QED) is 0.705. The van der Waals surface area contributed by atoms with Gasteiger partial charge in [-0.3, -0.25) is 4.79 Å². The molecule has 1 amide bonds. The van der Waals surface area contributed by atoms with Gasteiger partial charge in [0.15, 0.2) is 5.72 Å². The summed E-state index contributed by atoms with van der Waals surface area (Å²) < 4.78 is 43.8. The molecule has 0 fully saturated rings. The highest BCUT2D eigenvalue weighted by molar-refractivity contribution is 7.08. The number of aromatic nitrogens is 2. The largest absolute Gasteiger partial charge is 0.431 e. The number of hydrazone groups is 1. The molecule has 1 aliphatic rings. The SMILES string of the molecule is Cc1nnsc1C(=O)N1N=C(C(F)(F)F)C[C@@]1(O)c1cccc2ccccc12. The van der Waals surface area contributed by atoms with Crippen molar-refractivity contribution in [1.82, 2.24) is 14.6 Å². The molecule has 6 nitrogen and oxygen atoms in total. The number of carbonyl (C=O) groups excluding carboxylic acids is 1. The number of hydrogen-bond donors (Lipinski definition) is 1. The van der Waals surface area contributed by atoms with E-state index in [1.54, 1.807) is 36.4 Å². The van der Waals surface area contributed by atoms with E-state index >= 15 is 0 Å². The first kappa shape index (κ1) is 18.5. The molecular formula is C18H13F3N4O2S. The van der Waals surface area contributed by atoms with Gasteiger partial charge >= 0.3 is 6.18 Å². The fourth-order valence-corrected chi connectivity index (χ4v) is 3.81. The molecule has 0 radical (unpaired) electrons. The first-order chi connectivity index (χ1) is 13.2. The molecule has 1 atom stereocenters. The Bertz CT molecular complexity index is 1110. The molecule has 1 N–H and O–H groups in total. The number of nitrogens with zero attached hydrogens (tertiary/aromatic N) is 4. The van der Waals surface area contributed by atoms with Gasteiger partial charge in [-0.05, 0) is 29.2 Å². The predicted molar refractivity (Wildman–Crippen MR) is 96.8 cm³/mol. The van der Waals surface area contributed by atoms with Crippen LogP contribution >= 0.6 is 11.5 Å². The Morgan fingerprint density at radius 1 is 1.21 bits per heavy atom. The monoisotopic (exact) mass is 406 g/mol. The molecule has 0 saturated heterocycles. The first-order valence-electron chi connectivity index (χ1n) is 8.20. The smallest absolute Gasteiger partial charge is 0.365 e. The summed E-state index contributed by atoms with van der Waals surface area (Å²) in [6, 6.07) is 11.8. The number of rotatable bonds is 2. The highest BCUT2D eigenvalue weighted by Crippen LogP contribution is 2.43. The summed E-state index contributed by atoms with van der Waals surface area (Å²) >= 11 is 0.739. The standard InChI is InChI=1S/C18H13F3N4O2S/c1-10-15(28-24-22-10)16(26)25-17(27,9-14(23-25)18(19,20)21)13-8-4-6-11-5-2-3-7-12(11)13/h2-8,27H,9H2,1H3/t17-/m1/s1. The lowest BCUT2D eigenvalue weighted by Gasteiger charge is -2.32. The Labute approximate surface area is 161 Å². The van der Waals surface area contributed by atoms with Crippen LogP contribution in [0.15, 0.2) is 47.6 Å². The summed E-state index contributed by atoms with van der Waals surface area (Å²) in [6.07, 6.45) is -5.66. The second-order valence-corrected chi connectivity index (χ2v) is 7.12. The van der Waals surface area contributed by atoms with Crippen molar-refractivity contribution >= 4 is 33.9 Å². The normalized spacial score (nSPS) is 19.9. The summed E-state index contributed by atoms with van der Waals surface area (Å²) in [5.41, 5.74) is -3.10. The van der Waals surface area contributed by atoms with Gasteiger partial charge in [-0.1, -0.05) is 47.0 Å². The van der Waals surface area contributed by atoms with E-state index in [2.05, 4.69) is 14.7 Å². The molecule has 0 bridgehead atoms. The number of amides is 1. The molecule has 10 heteroatoms. The van der Waals surface area contributed by atoms with Gasteiger partial charge in [-0.2, -0.15) is 23.3 Å². The Balaban J connectivity index is 1.90. The van der Waals surface area contributed by atoms with Crippen LogP contribution in [0.1, 0.15) is 27.3 Å². The zero-order valence-corrected chi connectivity index (χ0v) is 15.3. The van der Waals surface area contributed by atoms with Crippen LogP contribution in [0.2, 0.25) is 0 Å². The Kier molecular flexibility index (Phi) is 4.20. The average Bonchev–Trinajstić information content (AvgIpc) is 3.24. The summed E-state index contributed by atoms with van der Waals surface area (Å²) in [5, 5.41) is 20.3. The highest BCUT2D eigenvalue weighted by atomic mass is 32.1. The van der Waals surface area contributed by atoms with E-state index < -0.39 is 29.9 Å². The third-order valence-corrected chi connectivity index (χ3v) is 5.39. The van der Waals surface area contributed by atoms with Gasteiger partial charge in [0.05, 0.1) is 12.1 Å². The van der Waals surface area contributed by atoms with Gasteiger partial charge in [0.25, 0.3) is 5.91 Å². The van der Waals surface area contributed by atoms with Crippen molar-refractivity contribution in [1.29, 1.82) is 0 Å². The van der Waals surface area contributed by atoms with Gasteiger partial charge in [0.2, 0.25) is 0 Å². The van der Waals surface area contributed by atoms with E-state index in [9.17, 15) is 23.1 Å². The van der Waals surface area contributed by atoms with Crippen molar-refractivity contribution in [3.05, 3.63) is 58.6 Å². The Morgan fingerprint density at radius 3 is 2.61 bits per heavy atom. The third-order valence-electron chi connectivity index (χ3n) is 4.57. The molecule has 2 aromatic carbocycles. The van der Waals surface area contributed by atoms with Crippen LogP contribution in [0.4, 0.5) is 13.2 Å². The lowest BCUT2D eigenvalue weighted by molar-refractivity contribution is -0.0805. The average molecular weight is 406 g/mol. The predicted octanol–water partition coefficient (Wildman–Crippen LogP) is 3.61. The minimum atomic E-state index is -4.78. The molecule has 4 rings (SSSR count). The molecule has 28 heavy (non-hydrogen) atoms. The van der Waals surface area contributed by atoms with Crippen LogP contribution in [0.25, 0.3) is 10.8 Å². The fourth-order valence-electron chi connectivity index (χ4n) is 3.23. The molecule has 144 valence electrons. The van der Waals surface area contributed by atoms with E-state index in [0.717, 1.165) is 16.9 Å². The van der Waals surface area contributed by atoms with Crippen LogP contribution in [0, 0.1) is 6.92 Å². The lowest BCUT2D eigenvalue weighted by Crippen LogP contribution is -2.44. The minimum Gasteiger partial charge on any atom is -0.365 e. The van der Waals surface area contributed by atoms with Gasteiger partial charge in [0, 0.05) is 5.56 Å². The number of carbonyl (C=O) groups is 1. The van der Waals surface area contributed by atoms with Crippen molar-refractivity contribution in [3.8, 4) is 0 Å². The zero-order chi connectivity index (χ0) is 20.1.